The van der Waals surface area contributed by atoms with E-state index in [0.29, 0.717) is 18.5 Å². The number of rotatable bonds is 6. The van der Waals surface area contributed by atoms with Gasteiger partial charge in [0.25, 0.3) is 0 Å². The molecule has 80 valence electrons. The molecular formula is C12H15FN2. The third kappa shape index (κ3) is 4.57. The van der Waals surface area contributed by atoms with Crippen molar-refractivity contribution in [3.05, 3.63) is 35.6 Å². The highest BCUT2D eigenvalue weighted by Gasteiger charge is 1.98. The molecule has 0 unspecified atom stereocenters. The van der Waals surface area contributed by atoms with Crippen molar-refractivity contribution in [2.24, 2.45) is 0 Å². The Morgan fingerprint density at radius 3 is 2.80 bits per heavy atom. The first kappa shape index (κ1) is 11.7. The van der Waals surface area contributed by atoms with Gasteiger partial charge in [-0.05, 0) is 25.5 Å². The number of nitrogens with zero attached hydrogens (tertiary/aromatic N) is 1. The molecule has 0 aliphatic heterocycles. The quantitative estimate of drug-likeness (QED) is 0.726. The first-order chi connectivity index (χ1) is 7.34. The first-order valence-electron chi connectivity index (χ1n) is 5.15. The van der Waals surface area contributed by atoms with Crippen LogP contribution in [0, 0.1) is 17.1 Å². The molecule has 0 bridgehead atoms. The van der Waals surface area contributed by atoms with Crippen LogP contribution in [-0.2, 0) is 6.54 Å². The predicted octanol–water partition coefficient (Wildman–Crippen LogP) is 2.61. The maximum absolute atomic E-state index is 13.1. The predicted molar refractivity (Wildman–Crippen MR) is 57.6 cm³/mol. The lowest BCUT2D eigenvalue weighted by Gasteiger charge is -2.04. The maximum atomic E-state index is 13.1. The Bertz CT molecular complexity index is 331. The summed E-state index contributed by atoms with van der Waals surface area (Å²) in [6, 6.07) is 8.85. The zero-order chi connectivity index (χ0) is 10.9. The van der Waals surface area contributed by atoms with Gasteiger partial charge < -0.3 is 5.32 Å². The molecule has 0 saturated heterocycles. The van der Waals surface area contributed by atoms with E-state index in [1.807, 2.05) is 6.07 Å². The second-order valence-electron chi connectivity index (χ2n) is 3.38. The summed E-state index contributed by atoms with van der Waals surface area (Å²) in [4.78, 5) is 0. The molecule has 0 aliphatic rings. The molecule has 0 fully saturated rings. The number of nitriles is 1. The summed E-state index contributed by atoms with van der Waals surface area (Å²) in [6.45, 7) is 1.38. The van der Waals surface area contributed by atoms with Crippen LogP contribution in [0.5, 0.6) is 0 Å². The summed E-state index contributed by atoms with van der Waals surface area (Å²) >= 11 is 0. The summed E-state index contributed by atoms with van der Waals surface area (Å²) in [5.41, 5.74) is 0.692. The zero-order valence-corrected chi connectivity index (χ0v) is 8.67. The minimum atomic E-state index is -0.165. The van der Waals surface area contributed by atoms with E-state index in [-0.39, 0.29) is 5.82 Å². The molecule has 1 aromatic rings. The van der Waals surface area contributed by atoms with E-state index in [2.05, 4.69) is 11.4 Å². The number of nitrogens with one attached hydrogen (secondary N) is 1. The number of hydrogen-bond acceptors (Lipinski definition) is 2. The van der Waals surface area contributed by atoms with Crippen LogP contribution >= 0.6 is 0 Å². The fourth-order valence-electron chi connectivity index (χ4n) is 1.32. The van der Waals surface area contributed by atoms with Crippen LogP contribution in [0.3, 0.4) is 0 Å². The van der Waals surface area contributed by atoms with Crippen LogP contribution < -0.4 is 5.32 Å². The number of unbranched alkanes of at least 4 members (excludes halogenated alkanes) is 2. The Morgan fingerprint density at radius 1 is 1.27 bits per heavy atom. The molecule has 1 rings (SSSR count). The van der Waals surface area contributed by atoms with Gasteiger partial charge in [-0.25, -0.2) is 4.39 Å². The molecule has 0 aromatic heterocycles. The molecular weight excluding hydrogens is 191 g/mol. The Labute approximate surface area is 89.7 Å². The van der Waals surface area contributed by atoms with E-state index in [1.165, 1.54) is 6.07 Å². The Kier molecular flexibility index (Phi) is 5.42. The summed E-state index contributed by atoms with van der Waals surface area (Å²) < 4.78 is 13.1. The molecule has 0 radical (unpaired) electrons. The lowest BCUT2D eigenvalue weighted by molar-refractivity contribution is 0.577. The Morgan fingerprint density at radius 2 is 2.07 bits per heavy atom. The molecule has 3 heteroatoms. The van der Waals surface area contributed by atoms with Crippen LogP contribution in [0.2, 0.25) is 0 Å². The van der Waals surface area contributed by atoms with Gasteiger partial charge in [0.15, 0.2) is 0 Å². The molecule has 0 atom stereocenters. The number of hydrogen-bond donors (Lipinski definition) is 1. The summed E-state index contributed by atoms with van der Waals surface area (Å²) in [5, 5.41) is 11.5. The second kappa shape index (κ2) is 6.97. The van der Waals surface area contributed by atoms with Crippen molar-refractivity contribution in [2.45, 2.75) is 25.8 Å². The molecule has 0 aliphatic carbocycles. The van der Waals surface area contributed by atoms with Crippen LogP contribution in [-0.4, -0.2) is 6.54 Å². The van der Waals surface area contributed by atoms with Crippen LogP contribution in [0.1, 0.15) is 24.8 Å². The normalized spacial score (nSPS) is 9.87. The van der Waals surface area contributed by atoms with Gasteiger partial charge in [0.05, 0.1) is 6.07 Å². The maximum Gasteiger partial charge on any atom is 0.127 e. The van der Waals surface area contributed by atoms with Gasteiger partial charge in [0.2, 0.25) is 0 Å². The van der Waals surface area contributed by atoms with Crippen LogP contribution in [0.25, 0.3) is 0 Å². The average molecular weight is 206 g/mol. The third-order valence-electron chi connectivity index (χ3n) is 2.17. The summed E-state index contributed by atoms with van der Waals surface area (Å²) in [7, 11) is 0. The lowest BCUT2D eigenvalue weighted by atomic mass is 10.2. The smallest absolute Gasteiger partial charge is 0.127 e. The van der Waals surface area contributed by atoms with E-state index in [4.69, 9.17) is 5.26 Å². The minimum absolute atomic E-state index is 0.165. The number of halogens is 1. The topological polar surface area (TPSA) is 35.8 Å². The van der Waals surface area contributed by atoms with Crippen molar-refractivity contribution in [2.75, 3.05) is 6.54 Å². The highest BCUT2D eigenvalue weighted by Crippen LogP contribution is 2.05. The standard InChI is InChI=1S/C12H15FN2/c13-12-7-3-2-6-11(12)10-15-9-5-1-4-8-14/h2-3,6-7,15H,1,4-5,9-10H2. The average Bonchev–Trinajstić information content (AvgIpc) is 2.25. The van der Waals surface area contributed by atoms with Gasteiger partial charge in [0.1, 0.15) is 5.82 Å². The van der Waals surface area contributed by atoms with Gasteiger partial charge in [-0.2, -0.15) is 5.26 Å². The van der Waals surface area contributed by atoms with Crippen LogP contribution in [0.15, 0.2) is 24.3 Å². The molecule has 0 saturated carbocycles. The van der Waals surface area contributed by atoms with E-state index in [0.717, 1.165) is 19.4 Å². The van der Waals surface area contributed by atoms with Gasteiger partial charge in [-0.15, -0.1) is 0 Å². The molecule has 1 N–H and O–H groups in total. The van der Waals surface area contributed by atoms with Crippen molar-refractivity contribution >= 4 is 0 Å². The Hall–Kier alpha value is -1.40. The second-order valence-corrected chi connectivity index (χ2v) is 3.38. The molecule has 0 spiro atoms. The molecule has 1 aromatic carbocycles. The highest BCUT2D eigenvalue weighted by atomic mass is 19.1. The highest BCUT2D eigenvalue weighted by molar-refractivity contribution is 5.16. The first-order valence-corrected chi connectivity index (χ1v) is 5.15. The zero-order valence-electron chi connectivity index (χ0n) is 8.67. The van der Waals surface area contributed by atoms with Crippen molar-refractivity contribution in [1.82, 2.24) is 5.32 Å². The fourth-order valence-corrected chi connectivity index (χ4v) is 1.32. The molecule has 0 amide bonds. The monoisotopic (exact) mass is 206 g/mol. The van der Waals surface area contributed by atoms with Gasteiger partial charge in [0, 0.05) is 18.5 Å². The SMILES string of the molecule is N#CCCCCNCc1ccccc1F. The minimum Gasteiger partial charge on any atom is -0.313 e. The molecule has 15 heavy (non-hydrogen) atoms. The lowest BCUT2D eigenvalue weighted by Crippen LogP contribution is -2.15. The van der Waals surface area contributed by atoms with Gasteiger partial charge >= 0.3 is 0 Å². The van der Waals surface area contributed by atoms with Crippen molar-refractivity contribution in [3.63, 3.8) is 0 Å². The van der Waals surface area contributed by atoms with E-state index in [9.17, 15) is 4.39 Å². The van der Waals surface area contributed by atoms with E-state index in [1.54, 1.807) is 12.1 Å². The van der Waals surface area contributed by atoms with Crippen molar-refractivity contribution in [3.8, 4) is 6.07 Å². The van der Waals surface area contributed by atoms with Crippen molar-refractivity contribution in [1.29, 1.82) is 5.26 Å². The van der Waals surface area contributed by atoms with Crippen LogP contribution in [0.4, 0.5) is 4.39 Å². The summed E-state index contributed by atoms with van der Waals surface area (Å²) in [6.07, 6.45) is 2.46. The fraction of sp³-hybridized carbons (Fsp3) is 0.417. The molecule has 2 nitrogen and oxygen atoms in total. The van der Waals surface area contributed by atoms with Crippen molar-refractivity contribution < 1.29 is 4.39 Å². The number of benzene rings is 1. The third-order valence-corrected chi connectivity index (χ3v) is 2.17. The largest absolute Gasteiger partial charge is 0.313 e. The van der Waals surface area contributed by atoms with Gasteiger partial charge in [-0.3, -0.25) is 0 Å². The van der Waals surface area contributed by atoms with E-state index >= 15 is 0 Å². The summed E-state index contributed by atoms with van der Waals surface area (Å²) in [5.74, 6) is -0.165. The van der Waals surface area contributed by atoms with E-state index < -0.39 is 0 Å². The van der Waals surface area contributed by atoms with Gasteiger partial charge in [-0.1, -0.05) is 18.2 Å². The Balaban J connectivity index is 2.16. The molecule has 0 heterocycles.